The van der Waals surface area contributed by atoms with E-state index in [4.69, 9.17) is 0 Å². The molecular formula is C40H42N10O2. The van der Waals surface area contributed by atoms with Crippen LogP contribution in [0.3, 0.4) is 0 Å². The van der Waals surface area contributed by atoms with Crippen LogP contribution >= 0.6 is 0 Å². The van der Waals surface area contributed by atoms with Crippen molar-refractivity contribution in [3.05, 3.63) is 97.3 Å². The Kier molecular flexibility index (Phi) is 9.81. The van der Waals surface area contributed by atoms with Gasteiger partial charge in [0.25, 0.3) is 0 Å². The summed E-state index contributed by atoms with van der Waals surface area (Å²) < 4.78 is 3.45. The second-order valence-corrected chi connectivity index (χ2v) is 13.7. The molecule has 0 saturated carbocycles. The number of anilines is 2. The summed E-state index contributed by atoms with van der Waals surface area (Å²) >= 11 is 0. The zero-order valence-corrected chi connectivity index (χ0v) is 29.1. The SMILES string of the molecule is O=C(CCN1CCCC1)Nc1cccc(-n2cc(-c3ccc4ccc(-c5cn(-c6cccc(NC(=O)CCN7CCCC7)c6)nn5)cc4c3)nn2)c1. The van der Waals surface area contributed by atoms with Crippen LogP contribution in [0.25, 0.3) is 44.7 Å². The molecule has 2 aliphatic rings. The van der Waals surface area contributed by atoms with E-state index in [2.05, 4.69) is 65.3 Å². The molecule has 2 amide bonds. The number of nitrogens with zero attached hydrogens (tertiary/aromatic N) is 8. The Hall–Kier alpha value is -5.72. The van der Waals surface area contributed by atoms with Gasteiger partial charge in [-0.15, -0.1) is 10.2 Å². The fraction of sp³-hybridized carbons (Fsp3) is 0.300. The highest BCUT2D eigenvalue weighted by molar-refractivity contribution is 5.92. The number of carbonyl (C=O) groups excluding carboxylic acids is 2. The van der Waals surface area contributed by atoms with Crippen LogP contribution in [0.5, 0.6) is 0 Å². The number of amides is 2. The first-order valence-electron chi connectivity index (χ1n) is 18.2. The first-order valence-corrected chi connectivity index (χ1v) is 18.2. The van der Waals surface area contributed by atoms with Gasteiger partial charge in [0.15, 0.2) is 0 Å². The van der Waals surface area contributed by atoms with E-state index < -0.39 is 0 Å². The molecule has 2 aliphatic heterocycles. The van der Waals surface area contributed by atoms with Crippen molar-refractivity contribution in [1.82, 2.24) is 39.8 Å². The largest absolute Gasteiger partial charge is 0.326 e. The fourth-order valence-electron chi connectivity index (χ4n) is 7.04. The van der Waals surface area contributed by atoms with Gasteiger partial charge in [0.1, 0.15) is 11.4 Å². The van der Waals surface area contributed by atoms with Gasteiger partial charge in [0, 0.05) is 48.4 Å². The Bertz CT molecular complexity index is 2050. The van der Waals surface area contributed by atoms with Crippen LogP contribution in [0.2, 0.25) is 0 Å². The van der Waals surface area contributed by atoms with Gasteiger partial charge >= 0.3 is 0 Å². The van der Waals surface area contributed by atoms with Crippen LogP contribution in [0.15, 0.2) is 97.3 Å². The Morgan fingerprint density at radius 3 is 1.48 bits per heavy atom. The molecule has 12 nitrogen and oxygen atoms in total. The van der Waals surface area contributed by atoms with Gasteiger partial charge in [-0.25, -0.2) is 9.36 Å². The van der Waals surface area contributed by atoms with Crippen LogP contribution in [0, 0.1) is 0 Å². The number of hydrogen-bond acceptors (Lipinski definition) is 8. The molecule has 0 atom stereocenters. The summed E-state index contributed by atoms with van der Waals surface area (Å²) in [6, 6.07) is 27.8. The van der Waals surface area contributed by atoms with E-state index in [-0.39, 0.29) is 11.8 Å². The molecule has 2 fully saturated rings. The normalized spacial score (nSPS) is 15.0. The maximum atomic E-state index is 12.6. The summed E-state index contributed by atoms with van der Waals surface area (Å²) in [7, 11) is 0. The lowest BCUT2D eigenvalue weighted by atomic mass is 10.0. The monoisotopic (exact) mass is 694 g/mol. The first-order chi connectivity index (χ1) is 25.5. The zero-order valence-electron chi connectivity index (χ0n) is 29.1. The lowest BCUT2D eigenvalue weighted by Gasteiger charge is -2.14. The molecule has 2 saturated heterocycles. The van der Waals surface area contributed by atoms with E-state index in [1.165, 1.54) is 25.7 Å². The van der Waals surface area contributed by atoms with Crippen molar-refractivity contribution in [2.45, 2.75) is 38.5 Å². The molecule has 0 bridgehead atoms. The summed E-state index contributed by atoms with van der Waals surface area (Å²) in [5.41, 5.74) is 6.44. The minimum atomic E-state index is 0.0134. The van der Waals surface area contributed by atoms with Crippen molar-refractivity contribution < 1.29 is 9.59 Å². The van der Waals surface area contributed by atoms with Crippen molar-refractivity contribution in [1.29, 1.82) is 0 Å². The molecule has 264 valence electrons. The minimum absolute atomic E-state index is 0.0134. The number of benzene rings is 4. The summed E-state index contributed by atoms with van der Waals surface area (Å²) in [5.74, 6) is 0.0269. The number of fused-ring (bicyclic) bond motifs is 1. The topological polar surface area (TPSA) is 126 Å². The Labute approximate surface area is 302 Å². The van der Waals surface area contributed by atoms with Gasteiger partial charge in [-0.2, -0.15) is 0 Å². The number of carbonyl (C=O) groups is 2. The van der Waals surface area contributed by atoms with Crippen LogP contribution in [0.4, 0.5) is 11.4 Å². The third kappa shape index (κ3) is 7.93. The van der Waals surface area contributed by atoms with Gasteiger partial charge in [-0.05, 0) is 111 Å². The number of rotatable bonds is 12. The second kappa shape index (κ2) is 15.3. The lowest BCUT2D eigenvalue weighted by Crippen LogP contribution is -2.25. The Morgan fingerprint density at radius 1 is 0.558 bits per heavy atom. The predicted octanol–water partition coefficient (Wildman–Crippen LogP) is 6.18. The molecule has 2 N–H and O–H groups in total. The molecule has 52 heavy (non-hydrogen) atoms. The molecule has 4 aromatic carbocycles. The highest BCUT2D eigenvalue weighted by Gasteiger charge is 2.15. The number of aromatic nitrogens is 6. The zero-order chi connectivity index (χ0) is 35.3. The third-order valence-corrected chi connectivity index (χ3v) is 9.92. The summed E-state index contributed by atoms with van der Waals surface area (Å²) in [6.07, 6.45) is 9.62. The van der Waals surface area contributed by atoms with Crippen molar-refractivity contribution in [2.24, 2.45) is 0 Å². The molecule has 0 spiro atoms. The Morgan fingerprint density at radius 2 is 1.02 bits per heavy atom. The van der Waals surface area contributed by atoms with Crippen LogP contribution in [-0.2, 0) is 9.59 Å². The van der Waals surface area contributed by atoms with E-state index in [1.807, 2.05) is 73.1 Å². The van der Waals surface area contributed by atoms with Crippen molar-refractivity contribution in [2.75, 3.05) is 49.9 Å². The maximum Gasteiger partial charge on any atom is 0.225 e. The summed E-state index contributed by atoms with van der Waals surface area (Å²) in [6.45, 7) is 5.91. The maximum absolute atomic E-state index is 12.6. The molecule has 12 heteroatoms. The third-order valence-electron chi connectivity index (χ3n) is 9.92. The number of likely N-dealkylation sites (tertiary alicyclic amines) is 2. The van der Waals surface area contributed by atoms with Crippen LogP contribution in [0.1, 0.15) is 38.5 Å². The van der Waals surface area contributed by atoms with Crippen LogP contribution in [-0.4, -0.2) is 90.9 Å². The van der Waals surface area contributed by atoms with Crippen molar-refractivity contribution in [3.63, 3.8) is 0 Å². The fourth-order valence-corrected chi connectivity index (χ4v) is 7.04. The second-order valence-electron chi connectivity index (χ2n) is 13.7. The molecule has 0 aliphatic carbocycles. The van der Waals surface area contributed by atoms with Gasteiger partial charge in [0.2, 0.25) is 11.8 Å². The minimum Gasteiger partial charge on any atom is -0.326 e. The molecule has 0 radical (unpaired) electrons. The lowest BCUT2D eigenvalue weighted by molar-refractivity contribution is -0.117. The smallest absolute Gasteiger partial charge is 0.225 e. The van der Waals surface area contributed by atoms with Gasteiger partial charge in [-0.1, -0.05) is 46.8 Å². The van der Waals surface area contributed by atoms with Gasteiger partial charge in [-0.3, -0.25) is 9.59 Å². The van der Waals surface area contributed by atoms with E-state index in [9.17, 15) is 9.59 Å². The first kappa shape index (κ1) is 33.4. The van der Waals surface area contributed by atoms with E-state index in [0.717, 1.165) is 95.3 Å². The van der Waals surface area contributed by atoms with E-state index in [0.29, 0.717) is 12.8 Å². The van der Waals surface area contributed by atoms with Crippen molar-refractivity contribution >= 4 is 34.0 Å². The van der Waals surface area contributed by atoms with E-state index >= 15 is 0 Å². The molecule has 8 rings (SSSR count). The van der Waals surface area contributed by atoms with Crippen molar-refractivity contribution in [3.8, 4) is 33.9 Å². The number of hydrogen-bond donors (Lipinski definition) is 2. The molecule has 4 heterocycles. The van der Waals surface area contributed by atoms with Gasteiger partial charge < -0.3 is 20.4 Å². The highest BCUT2D eigenvalue weighted by Crippen LogP contribution is 2.28. The molecule has 2 aromatic heterocycles. The standard InChI is InChI=1S/C40H42N10O2/c51-39(15-21-47-17-1-2-18-47)41-33-7-5-9-35(25-33)49-27-37(43-45-49)30-13-11-29-12-14-31(24-32(29)23-30)38-28-50(46-44-38)36-10-6-8-34(26-36)42-40(52)16-22-48-19-3-4-20-48/h5-14,23-28H,1-4,15-22H2,(H,41,51)(H,42,52). The highest BCUT2D eigenvalue weighted by atomic mass is 16.2. The number of nitrogens with one attached hydrogen (secondary N) is 2. The average molecular weight is 695 g/mol. The van der Waals surface area contributed by atoms with Gasteiger partial charge in [0.05, 0.1) is 23.8 Å². The van der Waals surface area contributed by atoms with Crippen LogP contribution < -0.4 is 10.6 Å². The molecule has 0 unspecified atom stereocenters. The summed E-state index contributed by atoms with van der Waals surface area (Å²) in [4.78, 5) is 29.9. The van der Waals surface area contributed by atoms with E-state index in [1.54, 1.807) is 9.36 Å². The molecule has 6 aromatic rings. The predicted molar refractivity (Wildman–Crippen MR) is 202 cm³/mol. The average Bonchev–Trinajstić information content (AvgIpc) is 4.01. The summed E-state index contributed by atoms with van der Waals surface area (Å²) in [5, 5.41) is 25.9. The molecular weight excluding hydrogens is 653 g/mol. The quantitative estimate of drug-likeness (QED) is 0.156. The Balaban J connectivity index is 0.936.